The highest BCUT2D eigenvalue weighted by molar-refractivity contribution is 5.94. The Morgan fingerprint density at radius 2 is 2.10 bits per heavy atom. The van der Waals surface area contributed by atoms with Gasteiger partial charge in [-0.15, -0.1) is 0 Å². The summed E-state index contributed by atoms with van der Waals surface area (Å²) in [6.45, 7) is 2.00. The summed E-state index contributed by atoms with van der Waals surface area (Å²) in [5, 5.41) is 3.32. The second kappa shape index (κ2) is 6.14. The van der Waals surface area contributed by atoms with Crippen LogP contribution < -0.4 is 5.32 Å². The van der Waals surface area contributed by atoms with Crippen LogP contribution in [0.25, 0.3) is 0 Å². The first-order valence-electron chi connectivity index (χ1n) is 6.42. The summed E-state index contributed by atoms with van der Waals surface area (Å²) in [5.74, 6) is -0.0131. The Hall–Kier alpha value is -2.43. The molecule has 0 aliphatic carbocycles. The molecule has 0 aliphatic rings. The Balaban J connectivity index is 2.14. The number of rotatable bonds is 4. The van der Waals surface area contributed by atoms with Crippen molar-refractivity contribution >= 4 is 11.6 Å². The lowest BCUT2D eigenvalue weighted by atomic mass is 10.1. The predicted molar refractivity (Wildman–Crippen MR) is 78.5 cm³/mol. The molecule has 1 N–H and O–H groups in total. The molecule has 1 unspecified atom stereocenters. The van der Waals surface area contributed by atoms with Crippen LogP contribution in [0.5, 0.6) is 0 Å². The Morgan fingerprint density at radius 3 is 2.75 bits per heavy atom. The van der Waals surface area contributed by atoms with Crippen molar-refractivity contribution in [3.05, 3.63) is 54.1 Å². The van der Waals surface area contributed by atoms with Crippen molar-refractivity contribution in [3.8, 4) is 0 Å². The molecule has 0 aliphatic heterocycles. The van der Waals surface area contributed by atoms with Gasteiger partial charge in [-0.05, 0) is 25.1 Å². The van der Waals surface area contributed by atoms with E-state index in [0.29, 0.717) is 5.56 Å². The number of anilines is 1. The minimum Gasteiger partial charge on any atom is -0.377 e. The first kappa shape index (κ1) is 14.0. The third-order valence-corrected chi connectivity index (χ3v) is 2.93. The average molecular weight is 270 g/mol. The van der Waals surface area contributed by atoms with E-state index < -0.39 is 0 Å². The second-order valence-electron chi connectivity index (χ2n) is 4.78. The molecule has 1 atom stereocenters. The molecule has 20 heavy (non-hydrogen) atoms. The van der Waals surface area contributed by atoms with Gasteiger partial charge in [0.1, 0.15) is 0 Å². The van der Waals surface area contributed by atoms with E-state index in [2.05, 4.69) is 15.3 Å². The van der Waals surface area contributed by atoms with E-state index in [1.54, 1.807) is 43.7 Å². The number of benzene rings is 1. The van der Waals surface area contributed by atoms with Crippen LogP contribution in [-0.2, 0) is 0 Å². The summed E-state index contributed by atoms with van der Waals surface area (Å²) >= 11 is 0. The van der Waals surface area contributed by atoms with Crippen molar-refractivity contribution < 1.29 is 4.79 Å². The quantitative estimate of drug-likeness (QED) is 0.926. The van der Waals surface area contributed by atoms with Crippen LogP contribution in [0.3, 0.4) is 0 Å². The lowest BCUT2D eigenvalue weighted by Gasteiger charge is -2.16. The van der Waals surface area contributed by atoms with Gasteiger partial charge in [-0.1, -0.05) is 6.07 Å². The molecule has 2 rings (SSSR count). The van der Waals surface area contributed by atoms with Gasteiger partial charge in [0.05, 0.1) is 17.9 Å². The molecular formula is C15H18N4O. The van der Waals surface area contributed by atoms with Crippen molar-refractivity contribution in [1.82, 2.24) is 14.9 Å². The Labute approximate surface area is 118 Å². The van der Waals surface area contributed by atoms with Gasteiger partial charge in [0.2, 0.25) is 0 Å². The highest BCUT2D eigenvalue weighted by atomic mass is 16.2. The summed E-state index contributed by atoms with van der Waals surface area (Å²) in [6.07, 6.45) is 5.04. The SMILES string of the molecule is CC(Nc1cccc(C(=O)N(C)C)c1)c1cnccn1. The molecule has 1 aromatic heterocycles. The van der Waals surface area contributed by atoms with E-state index >= 15 is 0 Å². The smallest absolute Gasteiger partial charge is 0.253 e. The number of hydrogen-bond acceptors (Lipinski definition) is 4. The number of hydrogen-bond donors (Lipinski definition) is 1. The van der Waals surface area contributed by atoms with E-state index in [0.717, 1.165) is 11.4 Å². The maximum absolute atomic E-state index is 11.9. The summed E-state index contributed by atoms with van der Waals surface area (Å²) in [4.78, 5) is 21.8. The number of nitrogens with one attached hydrogen (secondary N) is 1. The van der Waals surface area contributed by atoms with Crippen LogP contribution in [0, 0.1) is 0 Å². The number of aromatic nitrogens is 2. The van der Waals surface area contributed by atoms with Crippen LogP contribution in [0.2, 0.25) is 0 Å². The number of carbonyl (C=O) groups is 1. The maximum atomic E-state index is 11.9. The number of nitrogens with zero attached hydrogens (tertiary/aromatic N) is 3. The predicted octanol–water partition coefficient (Wildman–Crippen LogP) is 2.35. The zero-order valence-electron chi connectivity index (χ0n) is 11.9. The molecule has 0 bridgehead atoms. The second-order valence-corrected chi connectivity index (χ2v) is 4.78. The summed E-state index contributed by atoms with van der Waals surface area (Å²) < 4.78 is 0. The average Bonchev–Trinajstić information content (AvgIpc) is 2.47. The molecule has 0 saturated heterocycles. The van der Waals surface area contributed by atoms with E-state index in [1.165, 1.54) is 0 Å². The standard InChI is InChI=1S/C15H18N4O/c1-11(14-10-16-7-8-17-14)18-13-6-4-5-12(9-13)15(20)19(2)3/h4-11,18H,1-3H3. The van der Waals surface area contributed by atoms with Crippen molar-refractivity contribution in [2.75, 3.05) is 19.4 Å². The lowest BCUT2D eigenvalue weighted by Crippen LogP contribution is -2.21. The lowest BCUT2D eigenvalue weighted by molar-refractivity contribution is 0.0827. The van der Waals surface area contributed by atoms with Gasteiger partial charge in [0, 0.05) is 37.7 Å². The molecule has 0 saturated carbocycles. The third kappa shape index (κ3) is 3.32. The van der Waals surface area contributed by atoms with Crippen molar-refractivity contribution in [2.45, 2.75) is 13.0 Å². The number of carbonyl (C=O) groups excluding carboxylic acids is 1. The Kier molecular flexibility index (Phi) is 4.30. The van der Waals surface area contributed by atoms with Gasteiger partial charge in [-0.2, -0.15) is 0 Å². The van der Waals surface area contributed by atoms with Crippen LogP contribution in [0.15, 0.2) is 42.9 Å². The van der Waals surface area contributed by atoms with Crippen LogP contribution in [0.4, 0.5) is 5.69 Å². The molecule has 1 amide bonds. The van der Waals surface area contributed by atoms with Gasteiger partial charge in [-0.3, -0.25) is 14.8 Å². The fourth-order valence-electron chi connectivity index (χ4n) is 1.86. The topological polar surface area (TPSA) is 58.1 Å². The molecular weight excluding hydrogens is 252 g/mol. The minimum atomic E-state index is -0.0131. The zero-order chi connectivity index (χ0) is 14.5. The maximum Gasteiger partial charge on any atom is 0.253 e. The van der Waals surface area contributed by atoms with Crippen molar-refractivity contribution in [2.24, 2.45) is 0 Å². The molecule has 0 radical (unpaired) electrons. The molecule has 1 heterocycles. The minimum absolute atomic E-state index is 0.0131. The van der Waals surface area contributed by atoms with Gasteiger partial charge >= 0.3 is 0 Å². The van der Waals surface area contributed by atoms with Crippen LogP contribution >= 0.6 is 0 Å². The van der Waals surface area contributed by atoms with E-state index in [4.69, 9.17) is 0 Å². The van der Waals surface area contributed by atoms with Gasteiger partial charge < -0.3 is 10.2 Å². The summed E-state index contributed by atoms with van der Waals surface area (Å²) in [7, 11) is 3.48. The van der Waals surface area contributed by atoms with Crippen molar-refractivity contribution in [1.29, 1.82) is 0 Å². The van der Waals surface area contributed by atoms with Crippen LogP contribution in [-0.4, -0.2) is 34.9 Å². The van der Waals surface area contributed by atoms with E-state index in [1.807, 2.05) is 25.1 Å². The molecule has 5 heteroatoms. The van der Waals surface area contributed by atoms with Gasteiger partial charge in [-0.25, -0.2) is 0 Å². The Bertz CT molecular complexity index is 583. The molecule has 1 aromatic carbocycles. The fraction of sp³-hybridized carbons (Fsp3) is 0.267. The Morgan fingerprint density at radius 1 is 1.30 bits per heavy atom. The van der Waals surface area contributed by atoms with E-state index in [-0.39, 0.29) is 11.9 Å². The van der Waals surface area contributed by atoms with E-state index in [9.17, 15) is 4.79 Å². The normalized spacial score (nSPS) is 11.8. The molecule has 0 spiro atoms. The fourth-order valence-corrected chi connectivity index (χ4v) is 1.86. The van der Waals surface area contributed by atoms with Crippen LogP contribution in [0.1, 0.15) is 29.0 Å². The zero-order valence-corrected chi connectivity index (χ0v) is 11.9. The molecule has 104 valence electrons. The highest BCUT2D eigenvalue weighted by Crippen LogP contribution is 2.18. The largest absolute Gasteiger partial charge is 0.377 e. The molecule has 0 fully saturated rings. The number of amides is 1. The molecule has 2 aromatic rings. The van der Waals surface area contributed by atoms with Crippen molar-refractivity contribution in [3.63, 3.8) is 0 Å². The summed E-state index contributed by atoms with van der Waals surface area (Å²) in [6, 6.07) is 7.46. The first-order chi connectivity index (χ1) is 9.58. The monoisotopic (exact) mass is 270 g/mol. The first-order valence-corrected chi connectivity index (χ1v) is 6.42. The summed E-state index contributed by atoms with van der Waals surface area (Å²) in [5.41, 5.74) is 2.40. The highest BCUT2D eigenvalue weighted by Gasteiger charge is 2.10. The van der Waals surface area contributed by atoms with Gasteiger partial charge in [0.15, 0.2) is 0 Å². The third-order valence-electron chi connectivity index (χ3n) is 2.93. The van der Waals surface area contributed by atoms with Gasteiger partial charge in [0.25, 0.3) is 5.91 Å². The molecule has 5 nitrogen and oxygen atoms in total.